The number of rotatable bonds is 5. The van der Waals surface area contributed by atoms with E-state index in [2.05, 4.69) is 105 Å². The van der Waals surface area contributed by atoms with E-state index in [4.69, 9.17) is 9.16 Å². The second-order valence-corrected chi connectivity index (χ2v) is 13.7. The van der Waals surface area contributed by atoms with Gasteiger partial charge in [-0.15, -0.1) is 0 Å². The van der Waals surface area contributed by atoms with Crippen LogP contribution in [0.2, 0.25) is 19.6 Å². The summed E-state index contributed by atoms with van der Waals surface area (Å²) < 4.78 is 12.1. The number of hydrogen-bond acceptors (Lipinski definition) is 2. The minimum atomic E-state index is -1.63. The normalized spacial score (nSPS) is 17.0. The van der Waals surface area contributed by atoms with E-state index in [0.717, 1.165) is 5.76 Å². The molecule has 0 saturated heterocycles. The summed E-state index contributed by atoms with van der Waals surface area (Å²) in [5, 5.41) is 5.20. The molecule has 0 radical (unpaired) electrons. The molecule has 0 heterocycles. The SMILES string of the molecule is CC=c1ccc2c(c1C1C=C(OCO[Si](C)(C)C)c3ccccc31)C=c1ccccc1=2. The van der Waals surface area contributed by atoms with Gasteiger partial charge in [-0.2, -0.15) is 0 Å². The maximum atomic E-state index is 6.17. The molecule has 0 saturated carbocycles. The highest BCUT2D eigenvalue weighted by Crippen LogP contribution is 2.41. The van der Waals surface area contributed by atoms with Crippen molar-refractivity contribution in [3.63, 3.8) is 0 Å². The summed E-state index contributed by atoms with van der Waals surface area (Å²) in [6.45, 7) is 8.97. The molecule has 31 heavy (non-hydrogen) atoms. The average molecular weight is 425 g/mol. The summed E-state index contributed by atoms with van der Waals surface area (Å²) in [4.78, 5) is 0. The van der Waals surface area contributed by atoms with Crippen LogP contribution in [0.4, 0.5) is 0 Å². The summed E-state index contributed by atoms with van der Waals surface area (Å²) in [5.41, 5.74) is 5.15. The first-order valence-electron chi connectivity index (χ1n) is 10.9. The van der Waals surface area contributed by atoms with Gasteiger partial charge in [0.25, 0.3) is 0 Å². The Labute approximate surface area is 184 Å². The molecule has 0 bridgehead atoms. The highest BCUT2D eigenvalue weighted by Gasteiger charge is 2.28. The van der Waals surface area contributed by atoms with E-state index in [1.165, 1.54) is 43.1 Å². The van der Waals surface area contributed by atoms with Crippen molar-refractivity contribution in [2.24, 2.45) is 0 Å². The lowest BCUT2D eigenvalue weighted by atomic mass is 9.87. The minimum Gasteiger partial charge on any atom is -0.468 e. The summed E-state index contributed by atoms with van der Waals surface area (Å²) >= 11 is 0. The number of hydrogen-bond donors (Lipinski definition) is 0. The lowest BCUT2D eigenvalue weighted by Crippen LogP contribution is -2.26. The molecule has 156 valence electrons. The number of benzene rings is 3. The van der Waals surface area contributed by atoms with Gasteiger partial charge in [-0.3, -0.25) is 0 Å². The first-order chi connectivity index (χ1) is 15.0. The topological polar surface area (TPSA) is 18.5 Å². The maximum absolute atomic E-state index is 6.17. The van der Waals surface area contributed by atoms with Crippen LogP contribution in [-0.4, -0.2) is 15.1 Å². The van der Waals surface area contributed by atoms with Crippen LogP contribution < -0.4 is 10.4 Å². The van der Waals surface area contributed by atoms with Crippen molar-refractivity contribution < 1.29 is 9.16 Å². The molecular weight excluding hydrogens is 396 g/mol. The Morgan fingerprint density at radius 1 is 0.903 bits per heavy atom. The maximum Gasteiger partial charge on any atom is 0.188 e. The van der Waals surface area contributed by atoms with Crippen LogP contribution in [0.25, 0.3) is 17.9 Å². The molecule has 1 atom stereocenters. The first-order valence-corrected chi connectivity index (χ1v) is 14.4. The zero-order chi connectivity index (χ0) is 21.6. The smallest absolute Gasteiger partial charge is 0.188 e. The molecule has 0 spiro atoms. The van der Waals surface area contributed by atoms with E-state index in [1.54, 1.807) is 0 Å². The highest BCUT2D eigenvalue weighted by molar-refractivity contribution is 6.69. The molecule has 1 unspecified atom stereocenters. The Balaban J connectivity index is 1.67. The largest absolute Gasteiger partial charge is 0.468 e. The molecule has 3 aromatic rings. The van der Waals surface area contributed by atoms with Crippen molar-refractivity contribution in [3.05, 3.63) is 110 Å². The molecule has 0 aromatic heterocycles. The van der Waals surface area contributed by atoms with Crippen LogP contribution in [0.5, 0.6) is 0 Å². The Morgan fingerprint density at radius 3 is 2.48 bits per heavy atom. The predicted molar refractivity (Wildman–Crippen MR) is 130 cm³/mol. The molecule has 2 aliphatic carbocycles. The van der Waals surface area contributed by atoms with Gasteiger partial charge in [0.1, 0.15) is 5.76 Å². The third kappa shape index (κ3) is 3.58. The Bertz CT molecular complexity index is 1410. The Morgan fingerprint density at radius 2 is 1.68 bits per heavy atom. The fourth-order valence-electron chi connectivity index (χ4n) is 4.62. The van der Waals surface area contributed by atoms with Gasteiger partial charge in [0, 0.05) is 11.5 Å². The van der Waals surface area contributed by atoms with Crippen LogP contribution in [0.1, 0.15) is 35.1 Å². The Hall–Kier alpha value is -2.88. The van der Waals surface area contributed by atoms with Gasteiger partial charge in [-0.1, -0.05) is 66.7 Å². The highest BCUT2D eigenvalue weighted by atomic mass is 28.4. The van der Waals surface area contributed by atoms with Gasteiger partial charge in [0.05, 0.1) is 0 Å². The quantitative estimate of drug-likeness (QED) is 0.323. The van der Waals surface area contributed by atoms with Gasteiger partial charge in [0.15, 0.2) is 15.1 Å². The molecule has 0 fully saturated rings. The van der Waals surface area contributed by atoms with Gasteiger partial charge in [-0.25, -0.2) is 0 Å². The van der Waals surface area contributed by atoms with Crippen LogP contribution in [0.3, 0.4) is 0 Å². The summed E-state index contributed by atoms with van der Waals surface area (Å²) in [5.74, 6) is 1.08. The fourth-order valence-corrected chi connectivity index (χ4v) is 5.04. The summed E-state index contributed by atoms with van der Waals surface area (Å²) in [7, 11) is -1.63. The van der Waals surface area contributed by atoms with E-state index >= 15 is 0 Å². The summed E-state index contributed by atoms with van der Waals surface area (Å²) in [6, 6.07) is 21.8. The molecule has 3 aromatic carbocycles. The summed E-state index contributed by atoms with van der Waals surface area (Å²) in [6.07, 6.45) is 6.84. The fraction of sp³-hybridized carbons (Fsp3) is 0.214. The molecule has 2 nitrogen and oxygen atoms in total. The molecule has 2 aliphatic rings. The van der Waals surface area contributed by atoms with Crippen molar-refractivity contribution >= 4 is 26.2 Å². The van der Waals surface area contributed by atoms with Crippen LogP contribution in [0.15, 0.2) is 66.7 Å². The van der Waals surface area contributed by atoms with Crippen LogP contribution >= 0.6 is 0 Å². The van der Waals surface area contributed by atoms with E-state index in [1.807, 2.05) is 0 Å². The number of ether oxygens (including phenoxy) is 1. The van der Waals surface area contributed by atoms with Crippen molar-refractivity contribution in [1.82, 2.24) is 0 Å². The predicted octanol–water partition coefficient (Wildman–Crippen LogP) is 5.23. The van der Waals surface area contributed by atoms with Crippen molar-refractivity contribution in [2.45, 2.75) is 32.5 Å². The zero-order valence-electron chi connectivity index (χ0n) is 18.6. The molecular formula is C28H28O2Si. The first kappa shape index (κ1) is 20.0. The average Bonchev–Trinajstić information content (AvgIpc) is 3.31. The third-order valence-electron chi connectivity index (χ3n) is 6.08. The molecule has 0 aliphatic heterocycles. The van der Waals surface area contributed by atoms with Crippen molar-refractivity contribution in [1.29, 1.82) is 0 Å². The molecule has 5 rings (SSSR count). The monoisotopic (exact) mass is 424 g/mol. The van der Waals surface area contributed by atoms with E-state index in [-0.39, 0.29) is 5.92 Å². The standard InChI is InChI=1S/C28H28O2Si/c1-5-19-14-15-23-21-11-7-6-10-20(21)16-25(23)28(19)26-17-27(29-18-30-31(2,3)4)24-13-9-8-12-22(24)26/h5-17,26H,18H2,1-4H3. The lowest BCUT2D eigenvalue weighted by molar-refractivity contribution is 0.0896. The number of allylic oxidation sites excluding steroid dienone is 1. The lowest BCUT2D eigenvalue weighted by Gasteiger charge is -2.18. The van der Waals surface area contributed by atoms with Gasteiger partial charge in [0.2, 0.25) is 0 Å². The van der Waals surface area contributed by atoms with Gasteiger partial charge in [-0.05, 0) is 76.3 Å². The molecule has 3 heteroatoms. The van der Waals surface area contributed by atoms with Crippen molar-refractivity contribution in [2.75, 3.05) is 6.79 Å². The molecule has 0 amide bonds. The van der Waals surface area contributed by atoms with Gasteiger partial charge < -0.3 is 9.16 Å². The van der Waals surface area contributed by atoms with Crippen LogP contribution in [0, 0.1) is 10.4 Å². The molecule has 0 N–H and O–H groups in total. The van der Waals surface area contributed by atoms with E-state index < -0.39 is 8.32 Å². The zero-order valence-corrected chi connectivity index (χ0v) is 19.6. The van der Waals surface area contributed by atoms with Gasteiger partial charge >= 0.3 is 0 Å². The number of fused-ring (bicyclic) bond motifs is 3. The Kier molecular flexibility index (Phi) is 4.96. The third-order valence-corrected chi connectivity index (χ3v) is 7.06. The van der Waals surface area contributed by atoms with Crippen molar-refractivity contribution in [3.8, 4) is 0 Å². The van der Waals surface area contributed by atoms with Crippen LogP contribution in [-0.2, 0) is 9.16 Å². The van der Waals surface area contributed by atoms with E-state index in [0.29, 0.717) is 6.79 Å². The minimum absolute atomic E-state index is 0.157. The second-order valence-electron chi connectivity index (χ2n) is 9.16. The second kappa shape index (κ2) is 7.67. The van der Waals surface area contributed by atoms with E-state index in [9.17, 15) is 0 Å².